The number of rotatable bonds is 6. The fourth-order valence-electron chi connectivity index (χ4n) is 1.05. The van der Waals surface area contributed by atoms with Crippen LogP contribution < -0.4 is 16.6 Å². The van der Waals surface area contributed by atoms with E-state index >= 15 is 0 Å². The predicted octanol–water partition coefficient (Wildman–Crippen LogP) is -1.08. The Kier molecular flexibility index (Phi) is 8.81. The summed E-state index contributed by atoms with van der Waals surface area (Å²) in [5, 5.41) is 20.0. The molecule has 18 heavy (non-hydrogen) atoms. The molecule has 1 aromatic heterocycles. The van der Waals surface area contributed by atoms with Gasteiger partial charge < -0.3 is 26.5 Å². The van der Waals surface area contributed by atoms with Crippen LogP contribution in [0.3, 0.4) is 0 Å². The van der Waals surface area contributed by atoms with Crippen LogP contribution in [-0.2, 0) is 4.79 Å². The van der Waals surface area contributed by atoms with Crippen LogP contribution in [0.2, 0.25) is 0 Å². The number of carbonyl (C=O) groups excluding carboxylic acids is 1. The molecule has 102 valence electrons. The van der Waals surface area contributed by atoms with Crippen molar-refractivity contribution in [2.75, 3.05) is 6.54 Å². The second kappa shape index (κ2) is 9.58. The fourth-order valence-corrected chi connectivity index (χ4v) is 1.61. The molecule has 0 radical (unpaired) electrons. The zero-order chi connectivity index (χ0) is 14.0. The van der Waals surface area contributed by atoms with Gasteiger partial charge in [-0.05, 0) is 30.8 Å². The molecule has 0 aliphatic carbocycles. The highest BCUT2D eigenvalue weighted by Gasteiger charge is 2.13. The number of aromatic carboxylic acids is 1. The van der Waals surface area contributed by atoms with Crippen molar-refractivity contribution in [3.63, 3.8) is 0 Å². The lowest BCUT2D eigenvalue weighted by atomic mass is 10.1. The third-order valence-corrected chi connectivity index (χ3v) is 2.93. The number of carboxylic acids is 2. The minimum absolute atomic E-state index is 0.282. The SMILES string of the molecule is NCCCCC([NH3+])C(=O)O.O=C([O-])c1cccs1. The Balaban J connectivity index is 0.000000327. The molecule has 1 aromatic rings. The van der Waals surface area contributed by atoms with Crippen molar-refractivity contribution in [2.45, 2.75) is 25.3 Å². The van der Waals surface area contributed by atoms with Crippen molar-refractivity contribution in [3.05, 3.63) is 22.4 Å². The minimum atomic E-state index is -1.10. The number of nitrogens with two attached hydrogens (primary N) is 1. The molecular formula is C11H18N2O4S. The van der Waals surface area contributed by atoms with Crippen LogP contribution in [0.5, 0.6) is 0 Å². The maximum absolute atomic E-state index is 10.2. The summed E-state index contributed by atoms with van der Waals surface area (Å²) in [6, 6.07) is 2.72. The summed E-state index contributed by atoms with van der Waals surface area (Å²) in [7, 11) is 0. The molecule has 7 heteroatoms. The molecule has 0 aliphatic rings. The normalized spacial score (nSPS) is 11.2. The lowest BCUT2D eigenvalue weighted by Crippen LogP contribution is -2.64. The summed E-state index contributed by atoms with van der Waals surface area (Å²) in [5.74, 6) is -1.92. The summed E-state index contributed by atoms with van der Waals surface area (Å²) < 4.78 is 0. The molecule has 0 fully saturated rings. The van der Waals surface area contributed by atoms with Gasteiger partial charge in [0.2, 0.25) is 0 Å². The Bertz CT molecular complexity index is 354. The highest BCUT2D eigenvalue weighted by Crippen LogP contribution is 2.05. The number of carbonyl (C=O) groups is 2. The van der Waals surface area contributed by atoms with E-state index in [2.05, 4.69) is 5.73 Å². The Hall–Kier alpha value is -1.44. The van der Waals surface area contributed by atoms with Gasteiger partial charge in [-0.1, -0.05) is 6.07 Å². The highest BCUT2D eigenvalue weighted by molar-refractivity contribution is 7.11. The van der Waals surface area contributed by atoms with Crippen LogP contribution >= 0.6 is 11.3 Å². The van der Waals surface area contributed by atoms with Crippen LogP contribution in [0.15, 0.2) is 17.5 Å². The Morgan fingerprint density at radius 1 is 1.50 bits per heavy atom. The summed E-state index contributed by atoms with van der Waals surface area (Å²) in [5.41, 5.74) is 8.69. The van der Waals surface area contributed by atoms with E-state index in [1.165, 1.54) is 17.4 Å². The Morgan fingerprint density at radius 2 is 2.17 bits per heavy atom. The molecule has 1 rings (SSSR count). The molecule has 1 unspecified atom stereocenters. The van der Waals surface area contributed by atoms with E-state index in [0.717, 1.165) is 12.8 Å². The topological polar surface area (TPSA) is 131 Å². The number of quaternary nitrogens is 1. The van der Waals surface area contributed by atoms with Crippen LogP contribution in [0.4, 0.5) is 0 Å². The zero-order valence-electron chi connectivity index (χ0n) is 10.0. The van der Waals surface area contributed by atoms with Gasteiger partial charge in [0.1, 0.15) is 0 Å². The predicted molar refractivity (Wildman–Crippen MR) is 65.9 cm³/mol. The molecule has 0 bridgehead atoms. The summed E-state index contributed by atoms with van der Waals surface area (Å²) >= 11 is 1.17. The number of carboxylic acid groups (broad SMARTS) is 2. The quantitative estimate of drug-likeness (QED) is 0.568. The van der Waals surface area contributed by atoms with E-state index in [9.17, 15) is 14.7 Å². The third-order valence-electron chi connectivity index (χ3n) is 2.08. The van der Waals surface area contributed by atoms with Gasteiger partial charge in [0.15, 0.2) is 6.04 Å². The number of unbranched alkanes of at least 4 members (excludes halogenated alkanes) is 1. The first-order chi connectivity index (χ1) is 8.49. The third kappa shape index (κ3) is 7.77. The van der Waals surface area contributed by atoms with Gasteiger partial charge >= 0.3 is 5.97 Å². The lowest BCUT2D eigenvalue weighted by Gasteiger charge is -2.00. The van der Waals surface area contributed by atoms with Crippen LogP contribution in [0.1, 0.15) is 28.9 Å². The van der Waals surface area contributed by atoms with Gasteiger partial charge in [-0.2, -0.15) is 0 Å². The molecule has 0 aromatic carbocycles. The van der Waals surface area contributed by atoms with Gasteiger partial charge in [0.05, 0.1) is 5.97 Å². The summed E-state index contributed by atoms with van der Waals surface area (Å²) in [6.07, 6.45) is 2.38. The van der Waals surface area contributed by atoms with Crippen molar-refractivity contribution in [3.8, 4) is 0 Å². The van der Waals surface area contributed by atoms with E-state index in [1.54, 1.807) is 11.4 Å². The fraction of sp³-hybridized carbons (Fsp3) is 0.455. The monoisotopic (exact) mass is 274 g/mol. The van der Waals surface area contributed by atoms with Gasteiger partial charge in [0, 0.05) is 11.3 Å². The summed E-state index contributed by atoms with van der Waals surface area (Å²) in [6.45, 7) is 0.631. The van der Waals surface area contributed by atoms with Gasteiger partial charge in [-0.15, -0.1) is 11.3 Å². The molecule has 1 atom stereocenters. The van der Waals surface area contributed by atoms with Crippen LogP contribution in [0.25, 0.3) is 0 Å². The number of hydrogen-bond acceptors (Lipinski definition) is 5. The Labute approximate surface area is 109 Å². The number of hydrogen-bond donors (Lipinski definition) is 3. The second-order valence-electron chi connectivity index (χ2n) is 3.58. The zero-order valence-corrected chi connectivity index (χ0v) is 10.8. The maximum Gasteiger partial charge on any atom is 0.362 e. The first-order valence-corrected chi connectivity index (χ1v) is 6.37. The van der Waals surface area contributed by atoms with Crippen molar-refractivity contribution in [1.82, 2.24) is 0 Å². The second-order valence-corrected chi connectivity index (χ2v) is 4.53. The number of thiophene rings is 1. The van der Waals surface area contributed by atoms with Crippen LogP contribution in [-0.4, -0.2) is 29.6 Å². The standard InChI is InChI=1S/C6H14N2O2.C5H4O2S/c7-4-2-1-3-5(8)6(9)10;6-5(7)4-2-1-3-8-4/h5H,1-4,7-8H2,(H,9,10);1-3H,(H,6,7). The average molecular weight is 274 g/mol. The molecule has 0 spiro atoms. The van der Waals surface area contributed by atoms with E-state index < -0.39 is 18.0 Å². The number of aliphatic carboxylic acids is 1. The van der Waals surface area contributed by atoms with E-state index in [1.807, 2.05) is 0 Å². The largest absolute Gasteiger partial charge is 0.544 e. The van der Waals surface area contributed by atoms with Crippen LogP contribution in [0, 0.1) is 0 Å². The first kappa shape index (κ1) is 16.6. The maximum atomic E-state index is 10.2. The molecule has 0 amide bonds. The molecule has 6 nitrogen and oxygen atoms in total. The molecule has 1 heterocycles. The van der Waals surface area contributed by atoms with E-state index in [0.29, 0.717) is 13.0 Å². The van der Waals surface area contributed by atoms with E-state index in [-0.39, 0.29) is 4.88 Å². The lowest BCUT2D eigenvalue weighted by molar-refractivity contribution is -0.409. The molecule has 0 saturated heterocycles. The van der Waals surface area contributed by atoms with Crippen molar-refractivity contribution < 1.29 is 25.5 Å². The summed E-state index contributed by atoms with van der Waals surface area (Å²) in [4.78, 5) is 20.4. The first-order valence-electron chi connectivity index (χ1n) is 5.49. The smallest absolute Gasteiger partial charge is 0.362 e. The van der Waals surface area contributed by atoms with E-state index in [4.69, 9.17) is 10.8 Å². The molecule has 0 aliphatic heterocycles. The highest BCUT2D eigenvalue weighted by atomic mass is 32.1. The van der Waals surface area contributed by atoms with Crippen molar-refractivity contribution >= 4 is 23.3 Å². The van der Waals surface area contributed by atoms with Gasteiger partial charge in [-0.3, -0.25) is 0 Å². The van der Waals surface area contributed by atoms with Crippen molar-refractivity contribution in [1.29, 1.82) is 0 Å². The van der Waals surface area contributed by atoms with Crippen molar-refractivity contribution in [2.24, 2.45) is 5.73 Å². The minimum Gasteiger partial charge on any atom is -0.544 e. The average Bonchev–Trinajstić information content (AvgIpc) is 2.83. The molecule has 6 N–H and O–H groups in total. The van der Waals surface area contributed by atoms with Gasteiger partial charge in [0.25, 0.3) is 0 Å². The molecular weight excluding hydrogens is 256 g/mol. The molecule has 0 saturated carbocycles. The van der Waals surface area contributed by atoms with Gasteiger partial charge in [-0.25, -0.2) is 4.79 Å². The Morgan fingerprint density at radius 3 is 2.50 bits per heavy atom.